The highest BCUT2D eigenvalue weighted by atomic mass is 32.2. The molecule has 0 aliphatic heterocycles. The van der Waals surface area contributed by atoms with Crippen molar-refractivity contribution in [2.24, 2.45) is 5.73 Å². The third-order valence-corrected chi connectivity index (χ3v) is 4.72. The average Bonchev–Trinajstić information content (AvgIpc) is 3.10. The molecule has 0 fully saturated rings. The van der Waals surface area contributed by atoms with Crippen molar-refractivity contribution in [1.82, 2.24) is 9.55 Å². The number of nitrogens with zero attached hydrogens (tertiary/aromatic N) is 2. The Labute approximate surface area is 161 Å². The molecule has 27 heavy (non-hydrogen) atoms. The summed E-state index contributed by atoms with van der Waals surface area (Å²) >= 11 is 1.36. The lowest BCUT2D eigenvalue weighted by Crippen LogP contribution is -2.19. The van der Waals surface area contributed by atoms with Gasteiger partial charge in [0.2, 0.25) is 5.91 Å². The molecule has 3 aromatic rings. The molecule has 0 radical (unpaired) electrons. The molecule has 8 heteroatoms. The van der Waals surface area contributed by atoms with Gasteiger partial charge in [-0.3, -0.25) is 9.36 Å². The third kappa shape index (κ3) is 4.89. The number of urea groups is 1. The van der Waals surface area contributed by atoms with E-state index < -0.39 is 6.03 Å². The Kier molecular flexibility index (Phi) is 5.77. The summed E-state index contributed by atoms with van der Waals surface area (Å²) < 4.78 is 1.97. The largest absolute Gasteiger partial charge is 0.351 e. The minimum absolute atomic E-state index is 0.144. The summed E-state index contributed by atoms with van der Waals surface area (Å²) in [5.41, 5.74) is 8.43. The molecule has 138 valence electrons. The summed E-state index contributed by atoms with van der Waals surface area (Å²) in [6.07, 6.45) is 3.60. The van der Waals surface area contributed by atoms with Gasteiger partial charge in [0.25, 0.3) is 0 Å². The Hall–Kier alpha value is -3.26. The molecule has 3 amide bonds. The van der Waals surface area contributed by atoms with Crippen LogP contribution in [0.15, 0.2) is 66.1 Å². The van der Waals surface area contributed by atoms with E-state index in [1.807, 2.05) is 42.0 Å². The molecule has 3 rings (SSSR count). The highest BCUT2D eigenvalue weighted by Gasteiger charge is 2.10. The van der Waals surface area contributed by atoms with E-state index in [-0.39, 0.29) is 11.7 Å². The first kappa shape index (κ1) is 18.5. The van der Waals surface area contributed by atoms with Crippen LogP contribution in [0.1, 0.15) is 5.56 Å². The second-order valence-electron chi connectivity index (χ2n) is 5.77. The minimum atomic E-state index is -0.632. The van der Waals surface area contributed by atoms with Crippen LogP contribution in [0.5, 0.6) is 0 Å². The molecule has 0 unspecified atom stereocenters. The molecule has 0 saturated heterocycles. The van der Waals surface area contributed by atoms with Crippen LogP contribution in [0.2, 0.25) is 0 Å². The van der Waals surface area contributed by atoms with E-state index in [4.69, 9.17) is 5.73 Å². The van der Waals surface area contributed by atoms with E-state index in [0.29, 0.717) is 11.4 Å². The Morgan fingerprint density at radius 2 is 1.74 bits per heavy atom. The number of aryl methyl sites for hydroxylation is 1. The number of carbonyl (C=O) groups is 2. The Morgan fingerprint density at radius 1 is 1.07 bits per heavy atom. The molecule has 4 N–H and O–H groups in total. The summed E-state index contributed by atoms with van der Waals surface area (Å²) in [5.74, 6) is 0.0828. The maximum absolute atomic E-state index is 12.2. The predicted molar refractivity (Wildman–Crippen MR) is 107 cm³/mol. The van der Waals surface area contributed by atoms with Crippen molar-refractivity contribution >= 4 is 35.1 Å². The van der Waals surface area contributed by atoms with Crippen LogP contribution in [0.3, 0.4) is 0 Å². The number of carbonyl (C=O) groups excluding carboxylic acids is 2. The van der Waals surface area contributed by atoms with Gasteiger partial charge in [-0.05, 0) is 42.8 Å². The van der Waals surface area contributed by atoms with Gasteiger partial charge in [0.15, 0.2) is 5.16 Å². The highest BCUT2D eigenvalue weighted by molar-refractivity contribution is 7.99. The van der Waals surface area contributed by atoms with Crippen molar-refractivity contribution in [1.29, 1.82) is 0 Å². The zero-order valence-electron chi connectivity index (χ0n) is 14.7. The number of para-hydroxylation sites is 1. The van der Waals surface area contributed by atoms with Gasteiger partial charge in [-0.1, -0.05) is 30.0 Å². The fraction of sp³-hybridized carbons (Fsp3) is 0.105. The zero-order valence-corrected chi connectivity index (χ0v) is 15.5. The normalized spacial score (nSPS) is 10.4. The molecule has 0 spiro atoms. The number of anilines is 2. The van der Waals surface area contributed by atoms with Gasteiger partial charge >= 0.3 is 6.03 Å². The van der Waals surface area contributed by atoms with E-state index in [0.717, 1.165) is 16.4 Å². The summed E-state index contributed by atoms with van der Waals surface area (Å²) in [7, 11) is 0. The molecule has 0 saturated carbocycles. The number of nitrogens with two attached hydrogens (primary N) is 1. The number of hydrogen-bond acceptors (Lipinski definition) is 4. The van der Waals surface area contributed by atoms with Crippen LogP contribution in [-0.2, 0) is 4.79 Å². The van der Waals surface area contributed by atoms with E-state index in [2.05, 4.69) is 15.6 Å². The lowest BCUT2D eigenvalue weighted by atomic mass is 10.2. The summed E-state index contributed by atoms with van der Waals surface area (Å²) in [4.78, 5) is 27.4. The van der Waals surface area contributed by atoms with E-state index >= 15 is 0 Å². The first-order valence-electron chi connectivity index (χ1n) is 8.21. The molecule has 1 heterocycles. The standard InChI is InChI=1S/C19H19N5O2S/c1-13-4-2-3-5-16(13)24-11-10-21-19(24)27-12-17(25)22-14-6-8-15(9-7-14)23-18(20)26/h2-11H,12H2,1H3,(H,22,25)(H3,20,23,26). The van der Waals surface area contributed by atoms with Gasteiger partial charge < -0.3 is 16.4 Å². The van der Waals surface area contributed by atoms with Crippen LogP contribution in [0, 0.1) is 6.92 Å². The van der Waals surface area contributed by atoms with Crippen LogP contribution in [0.4, 0.5) is 16.2 Å². The van der Waals surface area contributed by atoms with Gasteiger partial charge in [-0.15, -0.1) is 0 Å². The number of benzene rings is 2. The number of primary amides is 1. The van der Waals surface area contributed by atoms with Gasteiger partial charge in [0.05, 0.1) is 11.4 Å². The lowest BCUT2D eigenvalue weighted by molar-refractivity contribution is -0.113. The van der Waals surface area contributed by atoms with Crippen molar-refractivity contribution in [2.75, 3.05) is 16.4 Å². The Bertz CT molecular complexity index is 953. The topological polar surface area (TPSA) is 102 Å². The summed E-state index contributed by atoms with van der Waals surface area (Å²) in [6.45, 7) is 2.03. The van der Waals surface area contributed by atoms with Crippen molar-refractivity contribution in [3.63, 3.8) is 0 Å². The predicted octanol–water partition coefficient (Wildman–Crippen LogP) is 3.40. The molecule has 2 aromatic carbocycles. The first-order chi connectivity index (χ1) is 13.0. The molecule has 7 nitrogen and oxygen atoms in total. The van der Waals surface area contributed by atoms with Gasteiger partial charge in [-0.25, -0.2) is 9.78 Å². The Balaban J connectivity index is 1.60. The van der Waals surface area contributed by atoms with Crippen molar-refractivity contribution in [2.45, 2.75) is 12.1 Å². The summed E-state index contributed by atoms with van der Waals surface area (Å²) in [5, 5.41) is 6.03. The zero-order chi connectivity index (χ0) is 19.2. The average molecular weight is 381 g/mol. The molecule has 0 aliphatic carbocycles. The maximum atomic E-state index is 12.2. The lowest BCUT2D eigenvalue weighted by Gasteiger charge is -2.10. The number of hydrogen-bond donors (Lipinski definition) is 3. The second-order valence-corrected chi connectivity index (χ2v) is 6.71. The van der Waals surface area contributed by atoms with Crippen LogP contribution < -0.4 is 16.4 Å². The van der Waals surface area contributed by atoms with Gasteiger partial charge in [0.1, 0.15) is 0 Å². The molecule has 1 aromatic heterocycles. The van der Waals surface area contributed by atoms with Crippen molar-refractivity contribution in [3.05, 3.63) is 66.5 Å². The number of aromatic nitrogens is 2. The quantitative estimate of drug-likeness (QED) is 0.570. The number of thioether (sulfide) groups is 1. The highest BCUT2D eigenvalue weighted by Crippen LogP contribution is 2.23. The number of nitrogens with one attached hydrogen (secondary N) is 2. The van der Waals surface area contributed by atoms with Crippen LogP contribution in [0.25, 0.3) is 5.69 Å². The van der Waals surface area contributed by atoms with E-state index in [1.54, 1.807) is 30.5 Å². The first-order valence-corrected chi connectivity index (χ1v) is 9.20. The van der Waals surface area contributed by atoms with E-state index in [1.165, 1.54) is 11.8 Å². The second kappa shape index (κ2) is 8.41. The van der Waals surface area contributed by atoms with Crippen LogP contribution in [-0.4, -0.2) is 27.2 Å². The molecular weight excluding hydrogens is 362 g/mol. The number of rotatable bonds is 6. The molecule has 0 aliphatic rings. The van der Waals surface area contributed by atoms with Crippen molar-refractivity contribution in [3.8, 4) is 5.69 Å². The molecule has 0 bridgehead atoms. The SMILES string of the molecule is Cc1ccccc1-n1ccnc1SCC(=O)Nc1ccc(NC(N)=O)cc1. The smallest absolute Gasteiger partial charge is 0.316 e. The third-order valence-electron chi connectivity index (χ3n) is 3.75. The molecular formula is C19H19N5O2S. The fourth-order valence-corrected chi connectivity index (χ4v) is 3.29. The van der Waals surface area contributed by atoms with E-state index in [9.17, 15) is 9.59 Å². The number of amides is 3. The Morgan fingerprint density at radius 3 is 2.41 bits per heavy atom. The molecule has 0 atom stereocenters. The van der Waals surface area contributed by atoms with Crippen molar-refractivity contribution < 1.29 is 9.59 Å². The van der Waals surface area contributed by atoms with Crippen LogP contribution >= 0.6 is 11.8 Å². The van der Waals surface area contributed by atoms with Gasteiger partial charge in [-0.2, -0.15) is 0 Å². The maximum Gasteiger partial charge on any atom is 0.316 e. The summed E-state index contributed by atoms with van der Waals surface area (Å²) in [6, 6.07) is 14.1. The number of imidazole rings is 1. The fourth-order valence-electron chi connectivity index (χ4n) is 2.52. The minimum Gasteiger partial charge on any atom is -0.351 e. The monoisotopic (exact) mass is 381 g/mol. The van der Waals surface area contributed by atoms with Gasteiger partial charge in [0, 0.05) is 23.8 Å².